The zero-order valence-electron chi connectivity index (χ0n) is 12.0. The van der Waals surface area contributed by atoms with Crippen molar-refractivity contribution in [3.63, 3.8) is 0 Å². The molecule has 0 bridgehead atoms. The molecule has 1 aromatic heterocycles. The number of rotatable bonds is 9. The number of sulfonamides is 1. The van der Waals surface area contributed by atoms with Crippen LogP contribution in [0.25, 0.3) is 0 Å². The maximum atomic E-state index is 12.1. The summed E-state index contributed by atoms with van der Waals surface area (Å²) in [6.45, 7) is 4.67. The molecular formula is C13H25N3O2S. The minimum Gasteiger partial charge on any atom is -0.363 e. The van der Waals surface area contributed by atoms with Crippen molar-refractivity contribution in [2.24, 2.45) is 0 Å². The number of unbranched alkanes of at least 4 members (excludes halogenated alkanes) is 2. The number of aromatic nitrogens is 1. The van der Waals surface area contributed by atoms with Gasteiger partial charge < -0.3 is 10.3 Å². The molecule has 0 aliphatic rings. The first-order valence-corrected chi connectivity index (χ1v) is 8.32. The van der Waals surface area contributed by atoms with E-state index in [4.69, 9.17) is 0 Å². The second kappa shape index (κ2) is 7.67. The number of H-pyrrole nitrogens is 1. The lowest BCUT2D eigenvalue weighted by molar-refractivity contribution is 0.527. The fourth-order valence-electron chi connectivity index (χ4n) is 1.96. The molecule has 6 heteroatoms. The smallest absolute Gasteiger partial charge is 0.242 e. The van der Waals surface area contributed by atoms with E-state index < -0.39 is 10.0 Å². The van der Waals surface area contributed by atoms with Crippen molar-refractivity contribution < 1.29 is 8.42 Å². The molecule has 0 aromatic carbocycles. The summed E-state index contributed by atoms with van der Waals surface area (Å²) in [6.07, 6.45) is 5.75. The summed E-state index contributed by atoms with van der Waals surface area (Å²) >= 11 is 0. The van der Waals surface area contributed by atoms with Crippen molar-refractivity contribution in [2.75, 3.05) is 7.05 Å². The van der Waals surface area contributed by atoms with Gasteiger partial charge in [-0.2, -0.15) is 0 Å². The van der Waals surface area contributed by atoms with Gasteiger partial charge in [0.05, 0.1) is 4.90 Å². The Bertz CT molecular complexity index is 468. The van der Waals surface area contributed by atoms with Crippen molar-refractivity contribution in [1.82, 2.24) is 15.0 Å². The van der Waals surface area contributed by atoms with Gasteiger partial charge in [0.1, 0.15) is 0 Å². The molecule has 0 fully saturated rings. The predicted octanol–water partition coefficient (Wildman–Crippen LogP) is 1.98. The average molecular weight is 287 g/mol. The highest BCUT2D eigenvalue weighted by Crippen LogP contribution is 2.12. The third-order valence-corrected chi connectivity index (χ3v) is 4.56. The van der Waals surface area contributed by atoms with E-state index in [1.807, 2.05) is 14.0 Å². The van der Waals surface area contributed by atoms with Crippen LogP contribution in [0.15, 0.2) is 17.2 Å². The number of aromatic amines is 1. The van der Waals surface area contributed by atoms with Crippen molar-refractivity contribution in [2.45, 2.75) is 57.0 Å². The minimum atomic E-state index is -3.40. The SMILES string of the molecule is CCCCCC(C)NS(=O)(=O)c1c[nH]c(CNC)c1. The standard InChI is InChI=1S/C13H25N3O2S/c1-4-5-6-7-11(2)16-19(17,18)13-8-12(9-14-3)15-10-13/h8,10-11,14-16H,4-7,9H2,1-3H3. The van der Waals surface area contributed by atoms with E-state index in [0.29, 0.717) is 11.4 Å². The summed E-state index contributed by atoms with van der Waals surface area (Å²) < 4.78 is 27.0. The summed E-state index contributed by atoms with van der Waals surface area (Å²) in [7, 11) is -1.58. The van der Waals surface area contributed by atoms with Crippen LogP contribution in [-0.2, 0) is 16.6 Å². The monoisotopic (exact) mass is 287 g/mol. The Hall–Kier alpha value is -0.850. The topological polar surface area (TPSA) is 74.0 Å². The molecule has 0 aliphatic heterocycles. The molecule has 0 spiro atoms. The fraction of sp³-hybridized carbons (Fsp3) is 0.692. The molecule has 0 amide bonds. The van der Waals surface area contributed by atoms with E-state index in [9.17, 15) is 8.42 Å². The van der Waals surface area contributed by atoms with Crippen LogP contribution in [0.1, 0.15) is 45.2 Å². The van der Waals surface area contributed by atoms with E-state index in [0.717, 1.165) is 31.4 Å². The molecule has 5 nitrogen and oxygen atoms in total. The van der Waals surface area contributed by atoms with Crippen LogP contribution in [-0.4, -0.2) is 26.5 Å². The molecule has 1 heterocycles. The first kappa shape index (κ1) is 16.2. The summed E-state index contributed by atoms with van der Waals surface area (Å²) in [5.41, 5.74) is 0.863. The molecule has 1 atom stereocenters. The summed E-state index contributed by atoms with van der Waals surface area (Å²) in [6, 6.07) is 1.64. The Morgan fingerprint density at radius 1 is 1.37 bits per heavy atom. The largest absolute Gasteiger partial charge is 0.363 e. The number of hydrogen-bond acceptors (Lipinski definition) is 3. The lowest BCUT2D eigenvalue weighted by Gasteiger charge is -2.13. The highest BCUT2D eigenvalue weighted by molar-refractivity contribution is 7.89. The van der Waals surface area contributed by atoms with Gasteiger partial charge in [0.2, 0.25) is 10.0 Å². The Morgan fingerprint density at radius 2 is 2.11 bits per heavy atom. The molecule has 1 rings (SSSR count). The van der Waals surface area contributed by atoms with Gasteiger partial charge in [-0.15, -0.1) is 0 Å². The molecular weight excluding hydrogens is 262 g/mol. The zero-order chi connectivity index (χ0) is 14.3. The first-order valence-electron chi connectivity index (χ1n) is 6.83. The van der Waals surface area contributed by atoms with E-state index in [1.54, 1.807) is 6.07 Å². The van der Waals surface area contributed by atoms with Crippen molar-refractivity contribution >= 4 is 10.0 Å². The van der Waals surface area contributed by atoms with Gasteiger partial charge in [0.15, 0.2) is 0 Å². The van der Waals surface area contributed by atoms with Gasteiger partial charge in [-0.05, 0) is 26.5 Å². The normalized spacial score (nSPS) is 13.6. The van der Waals surface area contributed by atoms with Crippen LogP contribution in [0.4, 0.5) is 0 Å². The summed E-state index contributed by atoms with van der Waals surface area (Å²) in [5.74, 6) is 0. The second-order valence-electron chi connectivity index (χ2n) is 4.91. The van der Waals surface area contributed by atoms with Gasteiger partial charge >= 0.3 is 0 Å². The maximum Gasteiger partial charge on any atom is 0.242 e. The van der Waals surface area contributed by atoms with Crippen LogP contribution in [0.3, 0.4) is 0 Å². The maximum absolute atomic E-state index is 12.1. The van der Waals surface area contributed by atoms with Gasteiger partial charge in [0.25, 0.3) is 0 Å². The Morgan fingerprint density at radius 3 is 2.74 bits per heavy atom. The Labute approximate surface area is 116 Å². The van der Waals surface area contributed by atoms with E-state index >= 15 is 0 Å². The zero-order valence-corrected chi connectivity index (χ0v) is 12.8. The third kappa shape index (κ3) is 5.34. The minimum absolute atomic E-state index is 0.0285. The first-order chi connectivity index (χ1) is 8.99. The quantitative estimate of drug-likeness (QED) is 0.608. The molecule has 0 aliphatic carbocycles. The van der Waals surface area contributed by atoms with Crippen molar-refractivity contribution in [3.05, 3.63) is 18.0 Å². The number of nitrogens with one attached hydrogen (secondary N) is 3. The second-order valence-corrected chi connectivity index (χ2v) is 6.62. The molecule has 1 unspecified atom stereocenters. The van der Waals surface area contributed by atoms with Crippen molar-refractivity contribution in [1.29, 1.82) is 0 Å². The molecule has 0 saturated heterocycles. The van der Waals surface area contributed by atoms with Crippen LogP contribution in [0.5, 0.6) is 0 Å². The van der Waals surface area contributed by atoms with Crippen LogP contribution in [0, 0.1) is 0 Å². The lowest BCUT2D eigenvalue weighted by atomic mass is 10.1. The molecule has 1 aromatic rings. The molecule has 3 N–H and O–H groups in total. The van der Waals surface area contributed by atoms with Crippen LogP contribution in [0.2, 0.25) is 0 Å². The lowest BCUT2D eigenvalue weighted by Crippen LogP contribution is -2.32. The van der Waals surface area contributed by atoms with E-state index in [-0.39, 0.29) is 6.04 Å². The van der Waals surface area contributed by atoms with Gasteiger partial charge in [-0.25, -0.2) is 13.1 Å². The average Bonchev–Trinajstić information content (AvgIpc) is 2.78. The molecule has 0 saturated carbocycles. The summed E-state index contributed by atoms with van der Waals surface area (Å²) in [5, 5.41) is 2.98. The number of hydrogen-bond donors (Lipinski definition) is 3. The molecule has 19 heavy (non-hydrogen) atoms. The van der Waals surface area contributed by atoms with Crippen LogP contribution < -0.4 is 10.0 Å². The van der Waals surface area contributed by atoms with E-state index in [1.165, 1.54) is 6.20 Å². The van der Waals surface area contributed by atoms with Crippen molar-refractivity contribution in [3.8, 4) is 0 Å². The summed E-state index contributed by atoms with van der Waals surface area (Å²) in [4.78, 5) is 3.26. The highest BCUT2D eigenvalue weighted by atomic mass is 32.2. The predicted molar refractivity (Wildman–Crippen MR) is 77.5 cm³/mol. The fourth-order valence-corrected chi connectivity index (χ4v) is 3.25. The van der Waals surface area contributed by atoms with Gasteiger partial charge in [0, 0.05) is 24.5 Å². The molecule has 110 valence electrons. The molecule has 0 radical (unpaired) electrons. The Balaban J connectivity index is 2.58. The Kier molecular flexibility index (Phi) is 6.54. The highest BCUT2D eigenvalue weighted by Gasteiger charge is 2.18. The van der Waals surface area contributed by atoms with E-state index in [2.05, 4.69) is 21.9 Å². The van der Waals surface area contributed by atoms with Gasteiger partial charge in [-0.1, -0.05) is 26.2 Å². The van der Waals surface area contributed by atoms with Gasteiger partial charge in [-0.3, -0.25) is 0 Å². The third-order valence-electron chi connectivity index (χ3n) is 2.99. The van der Waals surface area contributed by atoms with Crippen LogP contribution >= 0.6 is 0 Å².